The van der Waals surface area contributed by atoms with E-state index in [1.165, 1.54) is 6.92 Å². The number of nitrogens with zero attached hydrogens (tertiary/aromatic N) is 1. The summed E-state index contributed by atoms with van der Waals surface area (Å²) >= 11 is 0. The number of alkyl halides is 3. The van der Waals surface area contributed by atoms with E-state index in [1.807, 2.05) is 30.3 Å². The Labute approximate surface area is 139 Å². The average Bonchev–Trinajstić information content (AvgIpc) is 2.52. The third-order valence-electron chi connectivity index (χ3n) is 4.16. The van der Waals surface area contributed by atoms with Gasteiger partial charge in [0.1, 0.15) is 6.04 Å². The van der Waals surface area contributed by atoms with E-state index in [0.717, 1.165) is 10.5 Å². The Kier molecular flexibility index (Phi) is 5.85. The smallest absolute Gasteiger partial charge is 0.352 e. The summed E-state index contributed by atoms with van der Waals surface area (Å²) in [4.78, 5) is 24.4. The summed E-state index contributed by atoms with van der Waals surface area (Å²) in [5.41, 5.74) is 0.907. The maximum atomic E-state index is 13.2. The van der Waals surface area contributed by atoms with Crippen LogP contribution >= 0.6 is 0 Å². The van der Waals surface area contributed by atoms with E-state index in [2.05, 4.69) is 5.32 Å². The fourth-order valence-electron chi connectivity index (χ4n) is 3.03. The van der Waals surface area contributed by atoms with Crippen molar-refractivity contribution in [2.75, 3.05) is 6.54 Å². The van der Waals surface area contributed by atoms with Crippen LogP contribution in [-0.2, 0) is 16.0 Å². The van der Waals surface area contributed by atoms with Gasteiger partial charge in [-0.05, 0) is 24.8 Å². The van der Waals surface area contributed by atoms with Crippen LogP contribution in [0.2, 0.25) is 0 Å². The zero-order chi connectivity index (χ0) is 17.7. The highest BCUT2D eigenvalue weighted by molar-refractivity contribution is 5.77. The highest BCUT2D eigenvalue weighted by Crippen LogP contribution is 2.32. The molecule has 0 aromatic heterocycles. The number of carbonyl (C=O) groups is 2. The zero-order valence-corrected chi connectivity index (χ0v) is 13.5. The minimum absolute atomic E-state index is 0.0172. The second kappa shape index (κ2) is 7.68. The molecule has 0 spiro atoms. The van der Waals surface area contributed by atoms with Gasteiger partial charge in [-0.1, -0.05) is 30.3 Å². The average molecular weight is 342 g/mol. The number of amides is 2. The predicted octanol–water partition coefficient (Wildman–Crippen LogP) is 2.68. The molecule has 1 N–H and O–H groups in total. The maximum Gasteiger partial charge on any atom is 0.408 e. The van der Waals surface area contributed by atoms with E-state index in [4.69, 9.17) is 0 Å². The monoisotopic (exact) mass is 342 g/mol. The van der Waals surface area contributed by atoms with Crippen molar-refractivity contribution in [3.63, 3.8) is 0 Å². The van der Waals surface area contributed by atoms with Gasteiger partial charge in [-0.25, -0.2) is 0 Å². The second-order valence-corrected chi connectivity index (χ2v) is 6.06. The van der Waals surface area contributed by atoms with Crippen LogP contribution in [0.1, 0.15) is 31.7 Å². The standard InChI is InChI=1S/C17H21F3N2O2/c1-12(23)21-14-8-9-15(17(18,19)20)22(11-14)16(24)10-7-13-5-3-2-4-6-13/h2-6,14-15H,7-11H2,1H3,(H,21,23)/t14-,15-/m1/s1. The molecule has 132 valence electrons. The van der Waals surface area contributed by atoms with Gasteiger partial charge in [-0.3, -0.25) is 9.59 Å². The Balaban J connectivity index is 2.04. The van der Waals surface area contributed by atoms with Gasteiger partial charge in [0, 0.05) is 25.9 Å². The number of nitrogens with one attached hydrogen (secondary N) is 1. The summed E-state index contributed by atoms with van der Waals surface area (Å²) in [6.07, 6.45) is -4.02. The largest absolute Gasteiger partial charge is 0.408 e. The molecule has 2 atom stereocenters. The highest BCUT2D eigenvalue weighted by Gasteiger charge is 2.47. The lowest BCUT2D eigenvalue weighted by Crippen LogP contribution is -2.58. The number of aryl methyl sites for hydroxylation is 1. The normalized spacial score (nSPS) is 21.4. The van der Waals surface area contributed by atoms with E-state index in [9.17, 15) is 22.8 Å². The van der Waals surface area contributed by atoms with Gasteiger partial charge >= 0.3 is 6.18 Å². The molecule has 1 aromatic rings. The van der Waals surface area contributed by atoms with Crippen LogP contribution in [0.4, 0.5) is 13.2 Å². The fourth-order valence-corrected chi connectivity index (χ4v) is 3.03. The van der Waals surface area contributed by atoms with Crippen molar-refractivity contribution in [1.29, 1.82) is 0 Å². The van der Waals surface area contributed by atoms with Crippen molar-refractivity contribution in [2.45, 2.75) is 50.9 Å². The van der Waals surface area contributed by atoms with Crippen LogP contribution < -0.4 is 5.32 Å². The number of likely N-dealkylation sites (tertiary alicyclic amines) is 1. The summed E-state index contributed by atoms with van der Waals surface area (Å²) in [5.74, 6) is -0.835. The van der Waals surface area contributed by atoms with Gasteiger partial charge in [-0.15, -0.1) is 0 Å². The molecule has 0 radical (unpaired) electrons. The first-order valence-electron chi connectivity index (χ1n) is 7.94. The number of hydrogen-bond donors (Lipinski definition) is 1. The Morgan fingerprint density at radius 3 is 2.46 bits per heavy atom. The van der Waals surface area contributed by atoms with Crippen LogP contribution in [0.15, 0.2) is 30.3 Å². The van der Waals surface area contributed by atoms with Crippen LogP contribution in [-0.4, -0.2) is 41.5 Å². The van der Waals surface area contributed by atoms with E-state index < -0.39 is 24.2 Å². The first kappa shape index (κ1) is 18.3. The third kappa shape index (κ3) is 4.97. The molecule has 1 fully saturated rings. The molecule has 24 heavy (non-hydrogen) atoms. The molecule has 1 aromatic carbocycles. The molecule has 7 heteroatoms. The summed E-state index contributed by atoms with van der Waals surface area (Å²) in [5, 5.41) is 2.61. The first-order chi connectivity index (χ1) is 11.3. The molecule has 1 saturated heterocycles. The van der Waals surface area contributed by atoms with E-state index in [1.54, 1.807) is 0 Å². The number of piperidine rings is 1. The summed E-state index contributed by atoms with van der Waals surface area (Å²) in [6.45, 7) is 1.22. The Hall–Kier alpha value is -2.05. The lowest BCUT2D eigenvalue weighted by atomic mass is 9.96. The molecule has 1 aliphatic heterocycles. The third-order valence-corrected chi connectivity index (χ3v) is 4.16. The zero-order valence-electron chi connectivity index (χ0n) is 13.5. The number of carbonyl (C=O) groups excluding carboxylic acids is 2. The summed E-state index contributed by atoms with van der Waals surface area (Å²) in [6, 6.07) is 6.97. The maximum absolute atomic E-state index is 13.2. The van der Waals surface area contributed by atoms with Crippen molar-refractivity contribution in [3.8, 4) is 0 Å². The molecular formula is C17H21F3N2O2. The van der Waals surface area contributed by atoms with Crippen LogP contribution in [0.5, 0.6) is 0 Å². The molecule has 0 unspecified atom stereocenters. The van der Waals surface area contributed by atoms with Crippen LogP contribution in [0.3, 0.4) is 0 Å². The fraction of sp³-hybridized carbons (Fsp3) is 0.529. The van der Waals surface area contributed by atoms with Gasteiger partial charge in [0.25, 0.3) is 0 Å². The molecule has 0 aliphatic carbocycles. The van der Waals surface area contributed by atoms with Crippen molar-refractivity contribution >= 4 is 11.8 Å². The first-order valence-corrected chi connectivity index (χ1v) is 7.94. The molecular weight excluding hydrogens is 321 g/mol. The second-order valence-electron chi connectivity index (χ2n) is 6.06. The molecule has 1 heterocycles. The van der Waals surface area contributed by atoms with Crippen LogP contribution in [0, 0.1) is 0 Å². The van der Waals surface area contributed by atoms with Gasteiger partial charge in [0.2, 0.25) is 11.8 Å². The number of halogens is 3. The Morgan fingerprint density at radius 2 is 1.88 bits per heavy atom. The molecule has 4 nitrogen and oxygen atoms in total. The summed E-state index contributed by atoms with van der Waals surface area (Å²) < 4.78 is 39.7. The number of rotatable bonds is 4. The minimum Gasteiger partial charge on any atom is -0.352 e. The Morgan fingerprint density at radius 1 is 1.21 bits per heavy atom. The van der Waals surface area contributed by atoms with E-state index in [-0.39, 0.29) is 31.7 Å². The molecule has 0 saturated carbocycles. The van der Waals surface area contributed by atoms with Crippen molar-refractivity contribution in [2.24, 2.45) is 0 Å². The van der Waals surface area contributed by atoms with Crippen molar-refractivity contribution in [1.82, 2.24) is 10.2 Å². The lowest BCUT2D eigenvalue weighted by Gasteiger charge is -2.40. The van der Waals surface area contributed by atoms with Gasteiger partial charge in [-0.2, -0.15) is 13.2 Å². The van der Waals surface area contributed by atoms with Crippen molar-refractivity contribution in [3.05, 3.63) is 35.9 Å². The van der Waals surface area contributed by atoms with E-state index in [0.29, 0.717) is 6.42 Å². The number of hydrogen-bond acceptors (Lipinski definition) is 2. The molecule has 2 amide bonds. The van der Waals surface area contributed by atoms with Gasteiger partial charge in [0.05, 0.1) is 0 Å². The van der Waals surface area contributed by atoms with Gasteiger partial charge in [0.15, 0.2) is 0 Å². The van der Waals surface area contributed by atoms with Crippen LogP contribution in [0.25, 0.3) is 0 Å². The quantitative estimate of drug-likeness (QED) is 0.915. The number of benzene rings is 1. The topological polar surface area (TPSA) is 49.4 Å². The Bertz CT molecular complexity index is 575. The highest BCUT2D eigenvalue weighted by atomic mass is 19.4. The molecule has 1 aliphatic rings. The molecule has 0 bridgehead atoms. The SMILES string of the molecule is CC(=O)N[C@@H]1CC[C@H](C(F)(F)F)N(C(=O)CCc2ccccc2)C1. The molecule has 2 rings (SSSR count). The van der Waals surface area contributed by atoms with Gasteiger partial charge < -0.3 is 10.2 Å². The van der Waals surface area contributed by atoms with Crippen molar-refractivity contribution < 1.29 is 22.8 Å². The summed E-state index contributed by atoms with van der Waals surface area (Å²) in [7, 11) is 0. The lowest BCUT2D eigenvalue weighted by molar-refractivity contribution is -0.197. The predicted molar refractivity (Wildman–Crippen MR) is 83.2 cm³/mol. The minimum atomic E-state index is -4.45. The van der Waals surface area contributed by atoms with E-state index >= 15 is 0 Å².